The molecule has 1 atom stereocenters. The van der Waals surface area contributed by atoms with Gasteiger partial charge in [-0.25, -0.2) is 8.42 Å². The maximum atomic E-state index is 12.0. The van der Waals surface area contributed by atoms with Gasteiger partial charge in [0, 0.05) is 5.56 Å². The van der Waals surface area contributed by atoms with Crippen LogP contribution in [0.5, 0.6) is 0 Å². The predicted octanol–water partition coefficient (Wildman–Crippen LogP) is -1.22. The van der Waals surface area contributed by atoms with E-state index in [0.29, 0.717) is 27.6 Å². The van der Waals surface area contributed by atoms with Crippen LogP contribution in [0.2, 0.25) is 0 Å². The number of rotatable bonds is 3. The van der Waals surface area contributed by atoms with Gasteiger partial charge in [0.15, 0.2) is 0 Å². The number of hydrogen-bond acceptors (Lipinski definition) is 3. The SMILES string of the molecule is O.O.O=S(=O)([O-])c1c(-c2ccccc2)ccc(P)c1-c1ccccc1.[Na+]. The third-order valence-electron chi connectivity index (χ3n) is 3.59. The molecule has 0 spiro atoms. The van der Waals surface area contributed by atoms with Crippen LogP contribution < -0.4 is 34.9 Å². The largest absolute Gasteiger partial charge is 1.00 e. The second-order valence-corrected chi connectivity index (χ2v) is 7.03. The molecule has 26 heavy (non-hydrogen) atoms. The van der Waals surface area contributed by atoms with Gasteiger partial charge in [-0.05, 0) is 22.0 Å². The summed E-state index contributed by atoms with van der Waals surface area (Å²) in [5, 5.41) is 0.672. The van der Waals surface area contributed by atoms with Crippen LogP contribution in [0.15, 0.2) is 77.7 Å². The molecule has 0 amide bonds. The van der Waals surface area contributed by atoms with Gasteiger partial charge in [0.1, 0.15) is 10.1 Å². The summed E-state index contributed by atoms with van der Waals surface area (Å²) >= 11 is 0. The van der Waals surface area contributed by atoms with Crippen LogP contribution in [0.25, 0.3) is 22.3 Å². The average Bonchev–Trinajstić information content (AvgIpc) is 2.55. The van der Waals surface area contributed by atoms with Gasteiger partial charge in [0.2, 0.25) is 0 Å². The second kappa shape index (κ2) is 10.3. The van der Waals surface area contributed by atoms with Crippen molar-refractivity contribution in [3.05, 3.63) is 72.8 Å². The molecule has 0 aromatic heterocycles. The van der Waals surface area contributed by atoms with Crippen LogP contribution >= 0.6 is 9.24 Å². The monoisotopic (exact) mass is 400 g/mol. The Labute approximate surface area is 177 Å². The van der Waals surface area contributed by atoms with Gasteiger partial charge in [0.25, 0.3) is 0 Å². The minimum Gasteiger partial charge on any atom is -0.744 e. The first-order valence-electron chi connectivity index (χ1n) is 6.97. The molecule has 0 aliphatic carbocycles. The summed E-state index contributed by atoms with van der Waals surface area (Å²) in [7, 11) is -2.14. The molecule has 0 heterocycles. The minimum absolute atomic E-state index is 0. The Hall–Kier alpha value is -1.08. The van der Waals surface area contributed by atoms with Gasteiger partial charge in [-0.1, -0.05) is 72.8 Å². The molecule has 3 rings (SSSR count). The van der Waals surface area contributed by atoms with Crippen molar-refractivity contribution in [1.82, 2.24) is 0 Å². The third kappa shape index (κ3) is 5.22. The summed E-state index contributed by atoms with van der Waals surface area (Å²) in [6.07, 6.45) is 0. The molecule has 5 nitrogen and oxygen atoms in total. The first kappa shape index (κ1) is 24.9. The molecule has 8 heteroatoms. The third-order valence-corrected chi connectivity index (χ3v) is 4.99. The Bertz CT molecular complexity index is 948. The molecule has 0 bridgehead atoms. The molecule has 1 unspecified atom stereocenters. The maximum Gasteiger partial charge on any atom is 1.00 e. The van der Waals surface area contributed by atoms with E-state index in [2.05, 4.69) is 9.24 Å². The zero-order valence-electron chi connectivity index (χ0n) is 14.1. The van der Waals surface area contributed by atoms with Crippen LogP contribution in [0.3, 0.4) is 0 Å². The van der Waals surface area contributed by atoms with Gasteiger partial charge in [-0.2, -0.15) is 0 Å². The molecule has 0 fully saturated rings. The van der Waals surface area contributed by atoms with E-state index in [-0.39, 0.29) is 45.4 Å². The Morgan fingerprint density at radius 1 is 0.731 bits per heavy atom. The van der Waals surface area contributed by atoms with Crippen LogP contribution in [0.4, 0.5) is 0 Å². The van der Waals surface area contributed by atoms with Crippen molar-refractivity contribution in [2.75, 3.05) is 0 Å². The van der Waals surface area contributed by atoms with Crippen LogP contribution in [0.1, 0.15) is 0 Å². The van der Waals surface area contributed by atoms with Crippen LogP contribution in [-0.4, -0.2) is 23.9 Å². The fourth-order valence-electron chi connectivity index (χ4n) is 2.61. The Morgan fingerprint density at radius 2 is 1.19 bits per heavy atom. The van der Waals surface area contributed by atoms with E-state index in [1.165, 1.54) is 0 Å². The van der Waals surface area contributed by atoms with Gasteiger partial charge in [-0.15, -0.1) is 9.24 Å². The fourth-order valence-corrected chi connectivity index (χ4v) is 4.06. The predicted molar refractivity (Wildman–Crippen MR) is 102 cm³/mol. The Morgan fingerprint density at radius 3 is 1.65 bits per heavy atom. The summed E-state index contributed by atoms with van der Waals surface area (Å²) in [5.74, 6) is 0. The maximum absolute atomic E-state index is 12.0. The molecule has 3 aromatic carbocycles. The van der Waals surface area contributed by atoms with Gasteiger partial charge in [0.05, 0.1) is 4.90 Å². The zero-order valence-corrected chi connectivity index (χ0v) is 18.1. The van der Waals surface area contributed by atoms with Gasteiger partial charge < -0.3 is 15.5 Å². The van der Waals surface area contributed by atoms with E-state index >= 15 is 0 Å². The van der Waals surface area contributed by atoms with Crippen molar-refractivity contribution >= 4 is 24.7 Å². The summed E-state index contributed by atoms with van der Waals surface area (Å²) in [6, 6.07) is 21.6. The van der Waals surface area contributed by atoms with Crippen LogP contribution in [0, 0.1) is 0 Å². The normalized spacial score (nSPS) is 10.1. The topological polar surface area (TPSA) is 120 Å². The van der Waals surface area contributed by atoms with Crippen molar-refractivity contribution in [2.45, 2.75) is 4.90 Å². The number of hydrogen-bond donors (Lipinski definition) is 0. The smallest absolute Gasteiger partial charge is 0.744 e. The first-order valence-corrected chi connectivity index (χ1v) is 8.96. The molecule has 0 aliphatic rings. The average molecular weight is 400 g/mol. The van der Waals surface area contributed by atoms with Gasteiger partial charge in [-0.3, -0.25) is 0 Å². The summed E-state index contributed by atoms with van der Waals surface area (Å²) < 4.78 is 36.0. The van der Waals surface area contributed by atoms with E-state index < -0.39 is 10.1 Å². The Kier molecular flexibility index (Phi) is 9.88. The van der Waals surface area contributed by atoms with Crippen molar-refractivity contribution < 1.29 is 53.5 Å². The zero-order chi connectivity index (χ0) is 16.4. The minimum atomic E-state index is -4.65. The first-order chi connectivity index (χ1) is 11.0. The van der Waals surface area contributed by atoms with Crippen molar-refractivity contribution in [1.29, 1.82) is 0 Å². The van der Waals surface area contributed by atoms with Crippen molar-refractivity contribution in [3.63, 3.8) is 0 Å². The fraction of sp³-hybridized carbons (Fsp3) is 0. The molecular weight excluding hydrogens is 382 g/mol. The standard InChI is InChI=1S/C18H15O3PS.Na.2H2O/c19-23(20,21)18-15(13-7-3-1-4-8-13)11-12-16(22)17(18)14-9-5-2-6-10-14;;;/h1-12H,22H2,(H,19,20,21);;2*1H2/q;+1;;/p-1. The van der Waals surface area contributed by atoms with E-state index in [1.807, 2.05) is 42.5 Å². The molecule has 0 saturated heterocycles. The molecule has 3 aromatic rings. The molecular formula is C18H18NaO5PS. The molecule has 132 valence electrons. The summed E-state index contributed by atoms with van der Waals surface area (Å²) in [6.45, 7) is 0. The Balaban J connectivity index is 0.00000208. The summed E-state index contributed by atoms with van der Waals surface area (Å²) in [4.78, 5) is -0.178. The van der Waals surface area contributed by atoms with E-state index in [0.717, 1.165) is 0 Å². The second-order valence-electron chi connectivity index (χ2n) is 5.09. The van der Waals surface area contributed by atoms with Crippen LogP contribution in [-0.2, 0) is 10.1 Å². The van der Waals surface area contributed by atoms with Crippen molar-refractivity contribution in [2.24, 2.45) is 0 Å². The van der Waals surface area contributed by atoms with E-state index in [4.69, 9.17) is 0 Å². The number of benzene rings is 3. The molecule has 0 saturated carbocycles. The van der Waals surface area contributed by atoms with E-state index in [1.54, 1.807) is 30.3 Å². The molecule has 0 radical (unpaired) electrons. The van der Waals surface area contributed by atoms with Crippen molar-refractivity contribution in [3.8, 4) is 22.3 Å². The molecule has 0 aliphatic heterocycles. The molecule has 4 N–H and O–H groups in total. The quantitative estimate of drug-likeness (QED) is 0.311. The van der Waals surface area contributed by atoms with E-state index in [9.17, 15) is 13.0 Å². The van der Waals surface area contributed by atoms with Gasteiger partial charge >= 0.3 is 29.6 Å². The summed E-state index contributed by atoms with van der Waals surface area (Å²) in [5.41, 5.74) is 2.26.